The Kier molecular flexibility index (Phi) is 26.8. The predicted octanol–water partition coefficient (Wildman–Crippen LogP) is 6.67. The van der Waals surface area contributed by atoms with Gasteiger partial charge in [-0.25, -0.2) is 4.39 Å². The normalized spacial score (nSPS) is 10.6. The number of nitrogens with two attached hydrogens (primary N) is 1. The highest BCUT2D eigenvalue weighted by atomic mass is 19.1. The second kappa shape index (κ2) is 27.6. The third-order valence-corrected chi connectivity index (χ3v) is 6.43. The van der Waals surface area contributed by atoms with Gasteiger partial charge in [0.2, 0.25) is 12.8 Å². The number of benzene rings is 2. The monoisotopic (exact) mass is 602 g/mol. The highest BCUT2D eigenvalue weighted by Crippen LogP contribution is 2.09. The first-order valence-electron chi connectivity index (χ1n) is 15.7. The Labute approximate surface area is 261 Å². The summed E-state index contributed by atoms with van der Waals surface area (Å²) in [5.41, 5.74) is 8.67. The molecule has 0 radical (unpaired) electrons. The van der Waals surface area contributed by atoms with Gasteiger partial charge in [-0.15, -0.1) is 0 Å². The number of nitrogens with zero attached hydrogens (tertiary/aromatic N) is 1. The Morgan fingerprint density at radius 1 is 0.860 bits per heavy atom. The number of aryl methyl sites for hydroxylation is 2. The number of carbonyl (C=O) groups is 3. The van der Waals surface area contributed by atoms with Crippen LogP contribution in [0.3, 0.4) is 0 Å². The minimum atomic E-state index is -0.171. The van der Waals surface area contributed by atoms with Crippen LogP contribution in [0.4, 0.5) is 4.39 Å². The molecule has 0 aromatic heterocycles. The van der Waals surface area contributed by atoms with Crippen LogP contribution in [0.2, 0.25) is 0 Å². The van der Waals surface area contributed by atoms with E-state index in [1.165, 1.54) is 12.1 Å². The van der Waals surface area contributed by atoms with Gasteiger partial charge in [0.25, 0.3) is 5.91 Å². The van der Waals surface area contributed by atoms with Crippen molar-refractivity contribution in [2.75, 3.05) is 26.2 Å². The number of rotatable bonds is 15. The molecule has 0 heterocycles. The summed E-state index contributed by atoms with van der Waals surface area (Å²) in [6.45, 7) is 19.8. The summed E-state index contributed by atoms with van der Waals surface area (Å²) in [6, 6.07) is 14.3. The van der Waals surface area contributed by atoms with Crippen molar-refractivity contribution in [2.45, 2.75) is 93.5 Å². The van der Waals surface area contributed by atoms with Crippen LogP contribution in [0.25, 0.3) is 0 Å². The van der Waals surface area contributed by atoms with E-state index in [9.17, 15) is 18.8 Å². The molecule has 1 unspecified atom stereocenters. The van der Waals surface area contributed by atoms with Gasteiger partial charge in [-0.1, -0.05) is 89.8 Å². The third kappa shape index (κ3) is 23.9. The maximum absolute atomic E-state index is 12.2. The van der Waals surface area contributed by atoms with Crippen LogP contribution in [0.15, 0.2) is 48.5 Å². The third-order valence-electron chi connectivity index (χ3n) is 6.43. The van der Waals surface area contributed by atoms with E-state index in [0.29, 0.717) is 24.8 Å². The smallest absolute Gasteiger partial charge is 0.253 e. The van der Waals surface area contributed by atoms with Gasteiger partial charge in [-0.2, -0.15) is 0 Å². The highest BCUT2D eigenvalue weighted by Gasteiger charge is 2.13. The van der Waals surface area contributed by atoms with E-state index in [1.54, 1.807) is 12.1 Å². The van der Waals surface area contributed by atoms with Crippen molar-refractivity contribution in [3.8, 4) is 0 Å². The zero-order chi connectivity index (χ0) is 33.0. The van der Waals surface area contributed by atoms with Crippen LogP contribution < -0.4 is 16.4 Å². The topological polar surface area (TPSA) is 105 Å². The van der Waals surface area contributed by atoms with Crippen molar-refractivity contribution in [3.05, 3.63) is 71.0 Å². The van der Waals surface area contributed by atoms with Crippen LogP contribution >= 0.6 is 0 Å². The molecule has 4 N–H and O–H groups in total. The summed E-state index contributed by atoms with van der Waals surface area (Å²) in [4.78, 5) is 33.8. The molecule has 0 saturated carbocycles. The molecular weight excluding hydrogens is 543 g/mol. The van der Waals surface area contributed by atoms with Gasteiger partial charge >= 0.3 is 0 Å². The molecule has 1 atom stereocenters. The molecule has 43 heavy (non-hydrogen) atoms. The molecule has 7 nitrogen and oxygen atoms in total. The van der Waals surface area contributed by atoms with E-state index in [1.807, 2.05) is 43.0 Å². The van der Waals surface area contributed by atoms with Crippen molar-refractivity contribution >= 4 is 18.7 Å². The number of amides is 3. The summed E-state index contributed by atoms with van der Waals surface area (Å²) in [5, 5.41) is 5.22. The summed E-state index contributed by atoms with van der Waals surface area (Å²) in [7, 11) is 0. The second-order valence-electron chi connectivity index (χ2n) is 11.1. The lowest BCUT2D eigenvalue weighted by molar-refractivity contribution is -0.110. The van der Waals surface area contributed by atoms with Crippen molar-refractivity contribution in [1.82, 2.24) is 15.5 Å². The number of hydrogen-bond donors (Lipinski definition) is 3. The molecule has 0 saturated heterocycles. The first-order valence-corrected chi connectivity index (χ1v) is 15.7. The molecule has 2 rings (SSSR count). The Morgan fingerprint density at radius 2 is 1.40 bits per heavy atom. The van der Waals surface area contributed by atoms with Crippen LogP contribution in [0.1, 0.15) is 95.1 Å². The van der Waals surface area contributed by atoms with Crippen molar-refractivity contribution in [2.24, 2.45) is 17.6 Å². The highest BCUT2D eigenvalue weighted by molar-refractivity contribution is 5.94. The molecular formula is C35H59FN4O3. The minimum absolute atomic E-state index is 0.102. The van der Waals surface area contributed by atoms with E-state index in [4.69, 9.17) is 5.73 Å². The standard InChI is InChI=1S/C14H21NO.C7H7F.C7H16N2O.C7H15NO/c1-4-9-15(10-5-2)14(16)13-8-6-7-12(3)11-13;1-6-2-4-7(8)5-3-6;1-6(2)3-7(8)4-9-5-10;1-3-7(4-2)5-8-6-9/h6-8,11H,4-5,9-10H2,1-3H3;2-5H,1H3;5-7H,3-4,8H2,1-2H3,(H,9,10);6-7H,3-5H2,1-2H3,(H,8,9). The largest absolute Gasteiger partial charge is 0.358 e. The average molecular weight is 603 g/mol. The maximum Gasteiger partial charge on any atom is 0.253 e. The lowest BCUT2D eigenvalue weighted by Crippen LogP contribution is -2.34. The number of nitrogens with one attached hydrogen (secondary N) is 2. The predicted molar refractivity (Wildman–Crippen MR) is 178 cm³/mol. The lowest BCUT2D eigenvalue weighted by atomic mass is 10.0. The fraction of sp³-hybridized carbons (Fsp3) is 0.571. The molecule has 2 aromatic rings. The quantitative estimate of drug-likeness (QED) is 0.198. The lowest BCUT2D eigenvalue weighted by Gasteiger charge is -2.21. The van der Waals surface area contributed by atoms with Crippen LogP contribution in [-0.4, -0.2) is 55.8 Å². The Morgan fingerprint density at radius 3 is 1.81 bits per heavy atom. The summed E-state index contributed by atoms with van der Waals surface area (Å²) >= 11 is 0. The van der Waals surface area contributed by atoms with Crippen LogP contribution in [0, 0.1) is 31.5 Å². The molecule has 0 bridgehead atoms. The van der Waals surface area contributed by atoms with Crippen molar-refractivity contribution in [1.29, 1.82) is 0 Å². The van der Waals surface area contributed by atoms with E-state index in [2.05, 4.69) is 52.2 Å². The average Bonchev–Trinajstić information content (AvgIpc) is 2.98. The molecule has 0 spiro atoms. The number of halogens is 1. The van der Waals surface area contributed by atoms with Gasteiger partial charge in [-0.3, -0.25) is 14.4 Å². The first kappa shape index (κ1) is 41.9. The molecule has 0 aliphatic carbocycles. The molecule has 0 aliphatic rings. The second-order valence-corrected chi connectivity index (χ2v) is 11.1. The van der Waals surface area contributed by atoms with E-state index < -0.39 is 0 Å². The fourth-order valence-corrected chi connectivity index (χ4v) is 4.03. The van der Waals surface area contributed by atoms with E-state index >= 15 is 0 Å². The van der Waals surface area contributed by atoms with Crippen LogP contribution in [-0.2, 0) is 9.59 Å². The Hall–Kier alpha value is -3.26. The van der Waals surface area contributed by atoms with Crippen LogP contribution in [0.5, 0.6) is 0 Å². The van der Waals surface area contributed by atoms with E-state index in [0.717, 1.165) is 74.8 Å². The van der Waals surface area contributed by atoms with Gasteiger partial charge in [-0.05, 0) is 69.2 Å². The SMILES string of the molecule is CC(C)CC(N)CNC=O.CCC(CC)CNC=O.CCCN(CCC)C(=O)c1cccc(C)c1.Cc1ccc(F)cc1. The molecule has 3 amide bonds. The molecule has 0 aliphatic heterocycles. The number of carbonyl (C=O) groups excluding carboxylic acids is 3. The van der Waals surface area contributed by atoms with Crippen molar-refractivity contribution < 1.29 is 18.8 Å². The summed E-state index contributed by atoms with van der Waals surface area (Å²) in [5.74, 6) is 1.25. The Bertz CT molecular complexity index is 939. The van der Waals surface area contributed by atoms with Crippen molar-refractivity contribution in [3.63, 3.8) is 0 Å². The summed E-state index contributed by atoms with van der Waals surface area (Å²) in [6.07, 6.45) is 6.73. The zero-order valence-corrected chi connectivity index (χ0v) is 28.0. The van der Waals surface area contributed by atoms with Gasteiger partial charge in [0.15, 0.2) is 0 Å². The zero-order valence-electron chi connectivity index (χ0n) is 28.0. The first-order chi connectivity index (χ1) is 20.5. The van der Waals surface area contributed by atoms with Gasteiger partial charge in [0.05, 0.1) is 0 Å². The van der Waals surface area contributed by atoms with Gasteiger partial charge < -0.3 is 21.3 Å². The fourth-order valence-electron chi connectivity index (χ4n) is 4.03. The van der Waals surface area contributed by atoms with E-state index in [-0.39, 0.29) is 17.8 Å². The van der Waals surface area contributed by atoms with Gasteiger partial charge in [0.1, 0.15) is 5.82 Å². The summed E-state index contributed by atoms with van der Waals surface area (Å²) < 4.78 is 12.1. The van der Waals surface area contributed by atoms with Gasteiger partial charge in [0, 0.05) is 37.8 Å². The molecule has 2 aromatic carbocycles. The Balaban J connectivity index is 0. The molecule has 0 fully saturated rings. The number of hydrogen-bond acceptors (Lipinski definition) is 4. The molecule has 8 heteroatoms. The molecule has 244 valence electrons. The maximum atomic E-state index is 12.2. The minimum Gasteiger partial charge on any atom is -0.358 e.